The first kappa shape index (κ1) is 31.1. The lowest BCUT2D eigenvalue weighted by Crippen LogP contribution is -2.53. The number of amides is 4. The minimum atomic E-state index is -1.42. The molecule has 246 valence electrons. The predicted molar refractivity (Wildman–Crippen MR) is 183 cm³/mol. The third-order valence-corrected chi connectivity index (χ3v) is 11.2. The highest BCUT2D eigenvalue weighted by Crippen LogP contribution is 2.64. The fourth-order valence-corrected chi connectivity index (χ4v) is 9.18. The van der Waals surface area contributed by atoms with Crippen LogP contribution in [0, 0.1) is 23.7 Å². The van der Waals surface area contributed by atoms with Gasteiger partial charge in [0.15, 0.2) is 11.5 Å². The molecule has 2 heterocycles. The first-order valence-corrected chi connectivity index (χ1v) is 16.8. The topological polar surface area (TPSA) is 104 Å². The van der Waals surface area contributed by atoms with E-state index in [1.54, 1.807) is 36.4 Å². The number of anilines is 1. The quantitative estimate of drug-likeness (QED) is 0.187. The smallest absolute Gasteiger partial charge is 0.246 e. The van der Waals surface area contributed by atoms with E-state index in [9.17, 15) is 19.5 Å². The zero-order valence-corrected chi connectivity index (χ0v) is 27.4. The Bertz CT molecular complexity index is 2050. The molecule has 4 aliphatic rings. The van der Waals surface area contributed by atoms with Crippen LogP contribution >= 0.6 is 11.6 Å². The molecule has 2 aliphatic heterocycles. The van der Waals surface area contributed by atoms with Crippen molar-refractivity contribution >= 4 is 40.9 Å². The van der Waals surface area contributed by atoms with Crippen LogP contribution in [0.4, 0.5) is 5.69 Å². The van der Waals surface area contributed by atoms with Gasteiger partial charge in [-0.3, -0.25) is 24.1 Å². The summed E-state index contributed by atoms with van der Waals surface area (Å²) in [7, 11) is 1.46. The Morgan fingerprint density at radius 1 is 0.837 bits per heavy atom. The van der Waals surface area contributed by atoms with Gasteiger partial charge in [0.05, 0.1) is 42.5 Å². The van der Waals surface area contributed by atoms with Crippen molar-refractivity contribution in [1.29, 1.82) is 0 Å². The van der Waals surface area contributed by atoms with Gasteiger partial charge in [0.2, 0.25) is 23.6 Å². The van der Waals surface area contributed by atoms with E-state index < -0.39 is 46.8 Å². The Labute approximate surface area is 288 Å². The molecular weight excluding hydrogens is 640 g/mol. The summed E-state index contributed by atoms with van der Waals surface area (Å²) in [6.07, 6.45) is 2.52. The summed E-state index contributed by atoms with van der Waals surface area (Å²) in [6.45, 7) is 0.167. The summed E-state index contributed by atoms with van der Waals surface area (Å²) in [5.41, 5.74) is 1.87. The highest BCUT2D eigenvalue weighted by molar-refractivity contribution is 6.32. The normalized spacial score (nSPS) is 27.5. The van der Waals surface area contributed by atoms with Gasteiger partial charge >= 0.3 is 0 Å². The molecule has 2 aliphatic carbocycles. The number of hydrogen-bond acceptors (Lipinski definition) is 6. The lowest BCUT2D eigenvalue weighted by atomic mass is 9.49. The first-order chi connectivity index (χ1) is 23.7. The molecule has 8 rings (SSSR count). The van der Waals surface area contributed by atoms with E-state index >= 15 is 4.79 Å². The molecule has 4 amide bonds. The summed E-state index contributed by atoms with van der Waals surface area (Å²) in [4.78, 5) is 60.9. The molecule has 4 aromatic rings. The van der Waals surface area contributed by atoms with Crippen molar-refractivity contribution in [3.63, 3.8) is 0 Å². The van der Waals surface area contributed by atoms with Gasteiger partial charge in [-0.25, -0.2) is 4.90 Å². The molecule has 8 nitrogen and oxygen atoms in total. The summed E-state index contributed by atoms with van der Waals surface area (Å²) in [6, 6.07) is 30.4. The average Bonchev–Trinajstić information content (AvgIpc) is 3.49. The average molecular weight is 673 g/mol. The number of nitrogens with zero attached hydrogens (tertiary/aromatic N) is 2. The van der Waals surface area contributed by atoms with Gasteiger partial charge in [-0.05, 0) is 65.8 Å². The summed E-state index contributed by atoms with van der Waals surface area (Å²) < 4.78 is 5.36. The van der Waals surface area contributed by atoms with E-state index in [-0.39, 0.29) is 36.3 Å². The molecule has 9 heteroatoms. The number of fused-ring (bicyclic) bond motifs is 4. The van der Waals surface area contributed by atoms with Crippen LogP contribution in [0.5, 0.6) is 11.5 Å². The number of methoxy groups -OCH3 is 1. The van der Waals surface area contributed by atoms with Crippen LogP contribution in [0.3, 0.4) is 0 Å². The Morgan fingerprint density at radius 3 is 2.27 bits per heavy atom. The SMILES string of the molecule is COc1ccc(C2C3=CCC4C(=O)N(Cc5ccccc5)C(=O)C4C3CC3C(=O)N(c4cccc(Cl)c4)C(=O)C32c2ccccc2)cc1O. The Morgan fingerprint density at radius 2 is 1.57 bits per heavy atom. The van der Waals surface area contributed by atoms with E-state index in [1.165, 1.54) is 16.9 Å². The number of benzene rings is 4. The van der Waals surface area contributed by atoms with E-state index in [1.807, 2.05) is 72.8 Å². The number of carbonyl (C=O) groups excluding carboxylic acids is 4. The first-order valence-electron chi connectivity index (χ1n) is 16.4. The minimum Gasteiger partial charge on any atom is -0.504 e. The summed E-state index contributed by atoms with van der Waals surface area (Å²) >= 11 is 6.38. The molecule has 0 aromatic heterocycles. The van der Waals surface area contributed by atoms with Gasteiger partial charge in [-0.1, -0.05) is 96.0 Å². The molecular formula is C40H33ClN2O6. The molecule has 6 atom stereocenters. The Balaban J connectivity index is 1.33. The molecule has 0 spiro atoms. The molecule has 1 saturated carbocycles. The van der Waals surface area contributed by atoms with Crippen molar-refractivity contribution in [2.24, 2.45) is 23.7 Å². The van der Waals surface area contributed by atoms with Crippen LogP contribution in [-0.2, 0) is 31.1 Å². The molecule has 0 bridgehead atoms. The van der Waals surface area contributed by atoms with Crippen molar-refractivity contribution < 1.29 is 29.0 Å². The van der Waals surface area contributed by atoms with Crippen LogP contribution in [0.1, 0.15) is 35.4 Å². The number of carbonyl (C=O) groups is 4. The standard InChI is InChI=1S/C40H33ClN2O6/c1-49-33-18-15-24(19-32(33)44)35-28-16-17-29-34(38(47)42(36(29)45)22-23-9-4-2-5-10-23)30(28)21-31-37(46)43(27-14-8-13-26(41)20-27)39(48)40(31,35)25-11-6-3-7-12-25/h2-16,18-20,29-31,34-35,44H,17,21-22H2,1H3. The van der Waals surface area contributed by atoms with Gasteiger partial charge in [0.1, 0.15) is 0 Å². The lowest BCUT2D eigenvalue weighted by Gasteiger charge is -2.50. The summed E-state index contributed by atoms with van der Waals surface area (Å²) in [5.74, 6) is -4.52. The molecule has 1 N–H and O–H groups in total. The van der Waals surface area contributed by atoms with E-state index in [0.29, 0.717) is 28.3 Å². The van der Waals surface area contributed by atoms with Crippen LogP contribution in [0.25, 0.3) is 0 Å². The van der Waals surface area contributed by atoms with E-state index in [4.69, 9.17) is 16.3 Å². The number of likely N-dealkylation sites (tertiary alicyclic amines) is 1. The Hall–Kier alpha value is -5.21. The lowest BCUT2D eigenvalue weighted by molar-refractivity contribution is -0.141. The molecule has 6 unspecified atom stereocenters. The highest BCUT2D eigenvalue weighted by atomic mass is 35.5. The largest absolute Gasteiger partial charge is 0.504 e. The summed E-state index contributed by atoms with van der Waals surface area (Å²) in [5, 5.41) is 11.4. The van der Waals surface area contributed by atoms with Gasteiger partial charge in [0, 0.05) is 10.9 Å². The van der Waals surface area contributed by atoms with Gasteiger partial charge < -0.3 is 9.84 Å². The number of imide groups is 2. The van der Waals surface area contributed by atoms with Gasteiger partial charge in [0.25, 0.3) is 0 Å². The van der Waals surface area contributed by atoms with Crippen molar-refractivity contribution in [1.82, 2.24) is 4.90 Å². The number of hydrogen-bond donors (Lipinski definition) is 1. The second kappa shape index (κ2) is 11.7. The third-order valence-electron chi connectivity index (χ3n) is 11.0. The van der Waals surface area contributed by atoms with E-state index in [0.717, 1.165) is 11.1 Å². The van der Waals surface area contributed by atoms with Crippen molar-refractivity contribution in [2.45, 2.75) is 30.7 Å². The van der Waals surface area contributed by atoms with Crippen LogP contribution in [0.2, 0.25) is 5.02 Å². The van der Waals surface area contributed by atoms with Crippen molar-refractivity contribution in [2.75, 3.05) is 12.0 Å². The second-order valence-corrected chi connectivity index (χ2v) is 13.7. The maximum Gasteiger partial charge on any atom is 0.246 e. The number of halogens is 1. The predicted octanol–water partition coefficient (Wildman–Crippen LogP) is 6.42. The van der Waals surface area contributed by atoms with Crippen molar-refractivity contribution in [3.05, 3.63) is 136 Å². The minimum absolute atomic E-state index is 0.110. The van der Waals surface area contributed by atoms with Crippen molar-refractivity contribution in [3.8, 4) is 11.5 Å². The zero-order chi connectivity index (χ0) is 34.0. The van der Waals surface area contributed by atoms with E-state index in [2.05, 4.69) is 0 Å². The van der Waals surface area contributed by atoms with Crippen LogP contribution in [0.15, 0.2) is 115 Å². The molecule has 2 saturated heterocycles. The molecule has 4 aromatic carbocycles. The molecule has 0 radical (unpaired) electrons. The van der Waals surface area contributed by atoms with Crippen LogP contribution in [-0.4, -0.2) is 40.7 Å². The maximum absolute atomic E-state index is 15.3. The maximum atomic E-state index is 15.3. The number of rotatable bonds is 6. The Kier molecular flexibility index (Phi) is 7.45. The highest BCUT2D eigenvalue weighted by Gasteiger charge is 2.70. The van der Waals surface area contributed by atoms with Crippen LogP contribution < -0.4 is 9.64 Å². The van der Waals surface area contributed by atoms with Gasteiger partial charge in [-0.15, -0.1) is 0 Å². The fraction of sp³-hybridized carbons (Fsp3) is 0.250. The number of ether oxygens (including phenoxy) is 1. The molecule has 3 fully saturated rings. The number of phenols is 1. The zero-order valence-electron chi connectivity index (χ0n) is 26.7. The number of allylic oxidation sites excluding steroid dienone is 2. The molecule has 49 heavy (non-hydrogen) atoms. The second-order valence-electron chi connectivity index (χ2n) is 13.3. The number of aromatic hydroxyl groups is 1. The number of phenolic OH excluding ortho intramolecular Hbond substituents is 1. The van der Waals surface area contributed by atoms with Gasteiger partial charge in [-0.2, -0.15) is 0 Å². The third kappa shape index (κ3) is 4.57. The fourth-order valence-electron chi connectivity index (χ4n) is 8.99. The monoisotopic (exact) mass is 672 g/mol.